The van der Waals surface area contributed by atoms with Gasteiger partial charge in [-0.25, -0.2) is 0 Å². The molecule has 1 heterocycles. The number of nitrogens with zero attached hydrogens (tertiary/aromatic N) is 1. The highest BCUT2D eigenvalue weighted by atomic mass is 14.6. The van der Waals surface area contributed by atoms with Gasteiger partial charge < -0.3 is 0 Å². The highest BCUT2D eigenvalue weighted by Crippen LogP contribution is 2.22. The predicted octanol–water partition coefficient (Wildman–Crippen LogP) is 3.31. The Hall–Kier alpha value is -1.63. The molecule has 0 bridgehead atoms. The number of pyridine rings is 1. The van der Waals surface area contributed by atoms with E-state index in [0.717, 1.165) is 6.42 Å². The molecule has 70 valence electrons. The lowest BCUT2D eigenvalue weighted by molar-refractivity contribution is 1.12. The summed E-state index contributed by atoms with van der Waals surface area (Å²) < 4.78 is 0. The van der Waals surface area contributed by atoms with Crippen LogP contribution >= 0.6 is 0 Å². The van der Waals surface area contributed by atoms with Crippen LogP contribution in [0, 0.1) is 0 Å². The fourth-order valence-corrected chi connectivity index (χ4v) is 1.61. The largest absolute Gasteiger partial charge is 0.264 e. The Kier molecular flexibility index (Phi) is 2.59. The number of hydrogen-bond donors (Lipinski definition) is 0. The summed E-state index contributed by atoms with van der Waals surface area (Å²) in [4.78, 5) is 4.17. The van der Waals surface area contributed by atoms with Crippen LogP contribution in [0.4, 0.5) is 0 Å². The van der Waals surface area contributed by atoms with Crippen molar-refractivity contribution in [2.45, 2.75) is 13.3 Å². The molecule has 14 heavy (non-hydrogen) atoms. The molecular weight excluding hydrogens is 170 g/mol. The maximum absolute atomic E-state index is 4.17. The lowest BCUT2D eigenvalue weighted by Crippen LogP contribution is -1.88. The molecule has 1 nitrogen and oxygen atoms in total. The lowest BCUT2D eigenvalue weighted by Gasteiger charge is -2.06. The van der Waals surface area contributed by atoms with Gasteiger partial charge in [0.25, 0.3) is 0 Å². The summed E-state index contributed by atoms with van der Waals surface area (Å²) in [6, 6.07) is 12.5. The summed E-state index contributed by atoms with van der Waals surface area (Å²) in [7, 11) is 0. The van der Waals surface area contributed by atoms with E-state index >= 15 is 0 Å². The molecule has 1 aromatic carbocycles. The van der Waals surface area contributed by atoms with Gasteiger partial charge in [-0.15, -0.1) is 0 Å². The number of rotatable bonds is 2. The van der Waals surface area contributed by atoms with Crippen molar-refractivity contribution in [3.05, 3.63) is 54.4 Å². The van der Waals surface area contributed by atoms with Crippen LogP contribution in [-0.2, 0) is 6.42 Å². The van der Waals surface area contributed by atoms with Crippen LogP contribution in [0.5, 0.6) is 0 Å². The molecule has 0 spiro atoms. The third-order valence-electron chi connectivity index (χ3n) is 2.38. The molecule has 0 amide bonds. The topological polar surface area (TPSA) is 12.9 Å². The molecule has 0 N–H and O–H groups in total. The summed E-state index contributed by atoms with van der Waals surface area (Å²) in [5.74, 6) is 0. The van der Waals surface area contributed by atoms with Gasteiger partial charge in [0.2, 0.25) is 0 Å². The number of aromatic nitrogens is 1. The summed E-state index contributed by atoms with van der Waals surface area (Å²) >= 11 is 0. The maximum atomic E-state index is 4.17. The van der Waals surface area contributed by atoms with E-state index in [-0.39, 0.29) is 0 Å². The minimum absolute atomic E-state index is 1.05. The average Bonchev–Trinajstić information content (AvgIpc) is 2.30. The van der Waals surface area contributed by atoms with Crippen LogP contribution in [-0.4, -0.2) is 4.98 Å². The molecule has 0 saturated carbocycles. The third kappa shape index (κ3) is 1.67. The standard InChI is InChI=1S/C13H13N/c1-2-11-8-9-14-10-13(11)12-6-4-3-5-7-12/h3-10H,2H2,1H3. The van der Waals surface area contributed by atoms with E-state index < -0.39 is 0 Å². The van der Waals surface area contributed by atoms with Crippen LogP contribution in [0.2, 0.25) is 0 Å². The van der Waals surface area contributed by atoms with Crippen molar-refractivity contribution in [2.75, 3.05) is 0 Å². The SMILES string of the molecule is CCc1ccncc1-c1ccccc1. The Labute approximate surface area is 84.4 Å². The van der Waals surface area contributed by atoms with E-state index in [2.05, 4.69) is 42.2 Å². The minimum atomic E-state index is 1.05. The predicted molar refractivity (Wildman–Crippen MR) is 59.1 cm³/mol. The van der Waals surface area contributed by atoms with E-state index in [0.29, 0.717) is 0 Å². The monoisotopic (exact) mass is 183 g/mol. The van der Waals surface area contributed by atoms with Gasteiger partial charge in [0, 0.05) is 18.0 Å². The molecule has 0 atom stereocenters. The molecule has 0 unspecified atom stereocenters. The lowest BCUT2D eigenvalue weighted by atomic mass is 10.0. The first-order valence-corrected chi connectivity index (χ1v) is 4.90. The molecule has 1 heteroatoms. The minimum Gasteiger partial charge on any atom is -0.264 e. The summed E-state index contributed by atoms with van der Waals surface area (Å²) in [5.41, 5.74) is 3.85. The molecule has 0 aliphatic rings. The Balaban J connectivity index is 2.51. The molecule has 0 aliphatic heterocycles. The van der Waals surface area contributed by atoms with E-state index in [9.17, 15) is 0 Å². The summed E-state index contributed by atoms with van der Waals surface area (Å²) in [6.45, 7) is 2.17. The van der Waals surface area contributed by atoms with Gasteiger partial charge in [-0.05, 0) is 23.6 Å². The second kappa shape index (κ2) is 4.05. The number of aryl methyl sites for hydroxylation is 1. The Morgan fingerprint density at radius 2 is 1.86 bits per heavy atom. The molecular formula is C13H13N. The summed E-state index contributed by atoms with van der Waals surface area (Å²) in [6.07, 6.45) is 4.84. The zero-order valence-corrected chi connectivity index (χ0v) is 8.27. The van der Waals surface area contributed by atoms with E-state index in [1.165, 1.54) is 16.7 Å². The van der Waals surface area contributed by atoms with Crippen molar-refractivity contribution in [3.8, 4) is 11.1 Å². The van der Waals surface area contributed by atoms with E-state index in [1.54, 1.807) is 0 Å². The fraction of sp³-hybridized carbons (Fsp3) is 0.154. The Morgan fingerprint density at radius 3 is 2.57 bits per heavy atom. The molecule has 2 rings (SSSR count). The van der Waals surface area contributed by atoms with Crippen molar-refractivity contribution in [1.82, 2.24) is 4.98 Å². The van der Waals surface area contributed by atoms with Crippen LogP contribution < -0.4 is 0 Å². The van der Waals surface area contributed by atoms with Crippen LogP contribution in [0.25, 0.3) is 11.1 Å². The third-order valence-corrected chi connectivity index (χ3v) is 2.38. The molecule has 0 radical (unpaired) electrons. The zero-order valence-electron chi connectivity index (χ0n) is 8.27. The Bertz CT molecular complexity index is 407. The fourth-order valence-electron chi connectivity index (χ4n) is 1.61. The first-order chi connectivity index (χ1) is 6.92. The highest BCUT2D eigenvalue weighted by molar-refractivity contribution is 5.66. The smallest absolute Gasteiger partial charge is 0.0349 e. The quantitative estimate of drug-likeness (QED) is 0.696. The van der Waals surface area contributed by atoms with E-state index in [1.807, 2.05) is 18.5 Å². The number of benzene rings is 1. The van der Waals surface area contributed by atoms with Crippen molar-refractivity contribution in [1.29, 1.82) is 0 Å². The molecule has 0 aliphatic carbocycles. The first kappa shape index (κ1) is 8.95. The second-order valence-corrected chi connectivity index (χ2v) is 3.25. The Morgan fingerprint density at radius 1 is 1.07 bits per heavy atom. The highest BCUT2D eigenvalue weighted by Gasteiger charge is 2.01. The molecule has 0 saturated heterocycles. The summed E-state index contributed by atoms with van der Waals surface area (Å²) in [5, 5.41) is 0. The first-order valence-electron chi connectivity index (χ1n) is 4.90. The average molecular weight is 183 g/mol. The number of hydrogen-bond acceptors (Lipinski definition) is 1. The normalized spacial score (nSPS) is 10.1. The van der Waals surface area contributed by atoms with Crippen LogP contribution in [0.1, 0.15) is 12.5 Å². The molecule has 1 aromatic heterocycles. The van der Waals surface area contributed by atoms with Crippen molar-refractivity contribution < 1.29 is 0 Å². The van der Waals surface area contributed by atoms with Gasteiger partial charge in [0.15, 0.2) is 0 Å². The second-order valence-electron chi connectivity index (χ2n) is 3.25. The van der Waals surface area contributed by atoms with Gasteiger partial charge in [-0.3, -0.25) is 4.98 Å². The van der Waals surface area contributed by atoms with Crippen molar-refractivity contribution in [2.24, 2.45) is 0 Å². The van der Waals surface area contributed by atoms with E-state index in [4.69, 9.17) is 0 Å². The van der Waals surface area contributed by atoms with Crippen LogP contribution in [0.3, 0.4) is 0 Å². The van der Waals surface area contributed by atoms with Crippen LogP contribution in [0.15, 0.2) is 48.8 Å². The van der Waals surface area contributed by atoms with Gasteiger partial charge in [0.05, 0.1) is 0 Å². The maximum Gasteiger partial charge on any atom is 0.0349 e. The van der Waals surface area contributed by atoms with Crippen molar-refractivity contribution in [3.63, 3.8) is 0 Å². The zero-order chi connectivity index (χ0) is 9.80. The van der Waals surface area contributed by atoms with Gasteiger partial charge >= 0.3 is 0 Å². The molecule has 0 fully saturated rings. The van der Waals surface area contributed by atoms with Gasteiger partial charge in [-0.1, -0.05) is 37.3 Å². The van der Waals surface area contributed by atoms with Gasteiger partial charge in [-0.2, -0.15) is 0 Å². The molecule has 2 aromatic rings. The van der Waals surface area contributed by atoms with Gasteiger partial charge in [0.1, 0.15) is 0 Å². The van der Waals surface area contributed by atoms with Crippen molar-refractivity contribution >= 4 is 0 Å².